The lowest BCUT2D eigenvalue weighted by atomic mass is 9.82. The van der Waals surface area contributed by atoms with Gasteiger partial charge < -0.3 is 14.8 Å². The molecule has 2 aromatic rings. The summed E-state index contributed by atoms with van der Waals surface area (Å²) in [6.45, 7) is 5.80. The molecule has 2 rings (SSSR count). The second-order valence-corrected chi connectivity index (χ2v) is 9.85. The SMILES string of the molecule is COc1ccc(S(=O)(=O)NCCC(=O)NC(c2ccc(F)cc2)C(C)(C)C)cc1OC. The van der Waals surface area contributed by atoms with Crippen molar-refractivity contribution in [2.75, 3.05) is 20.8 Å². The molecule has 0 bridgehead atoms. The van der Waals surface area contributed by atoms with E-state index in [2.05, 4.69) is 10.0 Å². The topological polar surface area (TPSA) is 93.7 Å². The molecule has 9 heteroatoms. The number of nitrogens with one attached hydrogen (secondary N) is 2. The molecule has 0 aliphatic rings. The van der Waals surface area contributed by atoms with Crippen LogP contribution in [0.1, 0.15) is 38.8 Å². The van der Waals surface area contributed by atoms with Gasteiger partial charge in [0, 0.05) is 19.0 Å². The summed E-state index contributed by atoms with van der Waals surface area (Å²) in [5.74, 6) is 0.0249. The fourth-order valence-corrected chi connectivity index (χ4v) is 4.10. The van der Waals surface area contributed by atoms with Gasteiger partial charge in [0.25, 0.3) is 0 Å². The van der Waals surface area contributed by atoms with Gasteiger partial charge in [-0.3, -0.25) is 4.79 Å². The number of carbonyl (C=O) groups excluding carboxylic acids is 1. The Morgan fingerprint density at radius 3 is 2.19 bits per heavy atom. The number of amides is 1. The van der Waals surface area contributed by atoms with Crippen molar-refractivity contribution in [3.63, 3.8) is 0 Å². The quantitative estimate of drug-likeness (QED) is 0.608. The van der Waals surface area contributed by atoms with Crippen molar-refractivity contribution in [1.29, 1.82) is 0 Å². The van der Waals surface area contributed by atoms with Crippen LogP contribution >= 0.6 is 0 Å². The van der Waals surface area contributed by atoms with E-state index in [9.17, 15) is 17.6 Å². The molecule has 170 valence electrons. The standard InChI is InChI=1S/C22H29FN2O5S/c1-22(2,3)21(15-6-8-16(23)9-7-15)25-20(26)12-13-24-31(27,28)17-10-11-18(29-4)19(14-17)30-5/h6-11,14,21,24H,12-13H2,1-5H3,(H,25,26). The Hall–Kier alpha value is -2.65. The van der Waals surface area contributed by atoms with Gasteiger partial charge in [-0.15, -0.1) is 0 Å². The Bertz CT molecular complexity index is 1000. The highest BCUT2D eigenvalue weighted by Gasteiger charge is 2.28. The van der Waals surface area contributed by atoms with E-state index >= 15 is 0 Å². The number of hydrogen-bond donors (Lipinski definition) is 2. The number of rotatable bonds is 9. The Morgan fingerprint density at radius 2 is 1.65 bits per heavy atom. The fraction of sp³-hybridized carbons (Fsp3) is 0.409. The third kappa shape index (κ3) is 6.67. The lowest BCUT2D eigenvalue weighted by Gasteiger charge is -2.32. The molecule has 0 aliphatic carbocycles. The minimum atomic E-state index is -3.83. The van der Waals surface area contributed by atoms with E-state index in [4.69, 9.17) is 9.47 Å². The molecule has 1 amide bonds. The van der Waals surface area contributed by atoms with Crippen molar-refractivity contribution >= 4 is 15.9 Å². The lowest BCUT2D eigenvalue weighted by Crippen LogP contribution is -2.38. The van der Waals surface area contributed by atoms with E-state index in [1.807, 2.05) is 20.8 Å². The Kier molecular flexibility index (Phi) is 8.02. The highest BCUT2D eigenvalue weighted by Crippen LogP contribution is 2.33. The fourth-order valence-electron chi connectivity index (χ4n) is 3.05. The number of halogens is 1. The maximum atomic E-state index is 13.3. The van der Waals surface area contributed by atoms with E-state index in [1.54, 1.807) is 12.1 Å². The highest BCUT2D eigenvalue weighted by atomic mass is 32.2. The normalized spacial score (nSPS) is 12.8. The first kappa shape index (κ1) is 24.6. The largest absolute Gasteiger partial charge is 0.493 e. The molecule has 0 aromatic heterocycles. The molecule has 0 saturated heterocycles. The van der Waals surface area contributed by atoms with E-state index in [-0.39, 0.29) is 46.8 Å². The molecule has 1 unspecified atom stereocenters. The number of methoxy groups -OCH3 is 2. The molecular formula is C22H29FN2O5S. The summed E-state index contributed by atoms with van der Waals surface area (Å²) in [4.78, 5) is 12.5. The van der Waals surface area contributed by atoms with Crippen LogP contribution in [-0.4, -0.2) is 35.1 Å². The number of benzene rings is 2. The zero-order valence-corrected chi connectivity index (χ0v) is 19.2. The summed E-state index contributed by atoms with van der Waals surface area (Å²) in [6.07, 6.45) is -0.0553. The molecule has 0 heterocycles. The van der Waals surface area contributed by atoms with Gasteiger partial charge in [0.2, 0.25) is 15.9 Å². The van der Waals surface area contributed by atoms with E-state index in [1.165, 1.54) is 44.6 Å². The second kappa shape index (κ2) is 10.1. The molecular weight excluding hydrogens is 423 g/mol. The van der Waals surface area contributed by atoms with Crippen LogP contribution in [0.4, 0.5) is 4.39 Å². The summed E-state index contributed by atoms with van der Waals surface area (Å²) in [5.41, 5.74) is 0.445. The van der Waals surface area contributed by atoms with Crippen molar-refractivity contribution in [3.8, 4) is 11.5 Å². The summed E-state index contributed by atoms with van der Waals surface area (Å²) in [7, 11) is -0.961. The average Bonchev–Trinajstić information content (AvgIpc) is 2.71. The van der Waals surface area contributed by atoms with Gasteiger partial charge in [-0.05, 0) is 35.2 Å². The van der Waals surface area contributed by atoms with Gasteiger partial charge in [0.1, 0.15) is 5.82 Å². The van der Waals surface area contributed by atoms with Gasteiger partial charge in [-0.2, -0.15) is 0 Å². The average molecular weight is 453 g/mol. The van der Waals surface area contributed by atoms with Crippen LogP contribution in [0.15, 0.2) is 47.4 Å². The van der Waals surface area contributed by atoms with E-state index in [0.29, 0.717) is 5.75 Å². The van der Waals surface area contributed by atoms with Crippen LogP contribution in [0.5, 0.6) is 11.5 Å². The zero-order valence-electron chi connectivity index (χ0n) is 18.4. The minimum Gasteiger partial charge on any atom is -0.493 e. The summed E-state index contributed by atoms with van der Waals surface area (Å²) in [5, 5.41) is 2.92. The third-order valence-electron chi connectivity index (χ3n) is 4.68. The van der Waals surface area contributed by atoms with Gasteiger partial charge in [0.05, 0.1) is 25.2 Å². The van der Waals surface area contributed by atoms with Crippen LogP contribution in [0.2, 0.25) is 0 Å². The lowest BCUT2D eigenvalue weighted by molar-refractivity contribution is -0.122. The molecule has 0 radical (unpaired) electrons. The van der Waals surface area contributed by atoms with Crippen LogP contribution in [-0.2, 0) is 14.8 Å². The molecule has 1 atom stereocenters. The van der Waals surface area contributed by atoms with Crippen LogP contribution in [0.25, 0.3) is 0 Å². The smallest absolute Gasteiger partial charge is 0.240 e. The Balaban J connectivity index is 2.02. The van der Waals surface area contributed by atoms with Gasteiger partial charge in [-0.25, -0.2) is 17.5 Å². The van der Waals surface area contributed by atoms with E-state index < -0.39 is 10.0 Å². The summed E-state index contributed by atoms with van der Waals surface area (Å²) >= 11 is 0. The van der Waals surface area contributed by atoms with Crippen molar-refractivity contribution in [1.82, 2.24) is 10.0 Å². The van der Waals surface area contributed by atoms with Crippen molar-refractivity contribution in [2.45, 2.75) is 38.1 Å². The molecule has 31 heavy (non-hydrogen) atoms. The number of hydrogen-bond acceptors (Lipinski definition) is 5. The minimum absolute atomic E-state index is 0.00411. The zero-order chi connectivity index (χ0) is 23.2. The Labute approximate surface area is 183 Å². The van der Waals surface area contributed by atoms with Crippen molar-refractivity contribution < 1.29 is 27.1 Å². The summed E-state index contributed by atoms with van der Waals surface area (Å²) < 4.78 is 51.0. The molecule has 2 N–H and O–H groups in total. The first-order chi connectivity index (χ1) is 14.5. The number of carbonyl (C=O) groups is 1. The van der Waals surface area contributed by atoms with Crippen molar-refractivity contribution in [3.05, 3.63) is 53.8 Å². The molecule has 2 aromatic carbocycles. The van der Waals surface area contributed by atoms with E-state index in [0.717, 1.165) is 5.56 Å². The third-order valence-corrected chi connectivity index (χ3v) is 6.14. The number of sulfonamides is 1. The second-order valence-electron chi connectivity index (χ2n) is 8.08. The number of ether oxygens (including phenoxy) is 2. The van der Waals surface area contributed by atoms with Crippen LogP contribution in [0.3, 0.4) is 0 Å². The highest BCUT2D eigenvalue weighted by molar-refractivity contribution is 7.89. The predicted molar refractivity (Wildman–Crippen MR) is 116 cm³/mol. The molecule has 7 nitrogen and oxygen atoms in total. The molecule has 0 saturated carbocycles. The summed E-state index contributed by atoms with van der Waals surface area (Å²) in [6, 6.07) is 9.84. The van der Waals surface area contributed by atoms with Crippen LogP contribution < -0.4 is 19.5 Å². The predicted octanol–water partition coefficient (Wildman–Crippen LogP) is 3.41. The van der Waals surface area contributed by atoms with Crippen LogP contribution in [0, 0.1) is 11.2 Å². The van der Waals surface area contributed by atoms with Gasteiger partial charge >= 0.3 is 0 Å². The molecule has 0 spiro atoms. The van der Waals surface area contributed by atoms with Gasteiger partial charge in [-0.1, -0.05) is 32.9 Å². The van der Waals surface area contributed by atoms with Gasteiger partial charge in [0.15, 0.2) is 11.5 Å². The molecule has 0 fully saturated rings. The maximum absolute atomic E-state index is 13.3. The maximum Gasteiger partial charge on any atom is 0.240 e. The first-order valence-corrected chi connectivity index (χ1v) is 11.2. The Morgan fingerprint density at radius 1 is 1.03 bits per heavy atom. The first-order valence-electron chi connectivity index (χ1n) is 9.74. The van der Waals surface area contributed by atoms with Crippen molar-refractivity contribution in [2.24, 2.45) is 5.41 Å². The monoisotopic (exact) mass is 452 g/mol. The molecule has 0 aliphatic heterocycles.